The Bertz CT molecular complexity index is 995. The third-order valence-electron chi connectivity index (χ3n) is 4.83. The van der Waals surface area contributed by atoms with Crippen molar-refractivity contribution in [3.8, 4) is 11.5 Å². The molecule has 0 radical (unpaired) electrons. The quantitative estimate of drug-likeness (QED) is 0.354. The van der Waals surface area contributed by atoms with Crippen LogP contribution >= 0.6 is 0 Å². The van der Waals surface area contributed by atoms with Crippen LogP contribution in [-0.2, 0) is 6.42 Å². The topological polar surface area (TPSA) is 101 Å². The van der Waals surface area contributed by atoms with E-state index in [9.17, 15) is 19.8 Å². The van der Waals surface area contributed by atoms with Crippen LogP contribution in [0.4, 0.5) is 5.69 Å². The average Bonchev–Trinajstić information content (AvgIpc) is 2.74. The second-order valence-corrected chi connectivity index (χ2v) is 6.90. The van der Waals surface area contributed by atoms with Crippen LogP contribution in [0, 0.1) is 0 Å². The first-order valence-corrected chi connectivity index (χ1v) is 9.51. The first-order chi connectivity index (χ1) is 13.9. The van der Waals surface area contributed by atoms with E-state index in [1.54, 1.807) is 12.1 Å². The lowest BCUT2D eigenvalue weighted by Gasteiger charge is -2.18. The number of rotatable bonds is 3. The number of nitrogen functional groups attached to an aromatic ring is 1. The van der Waals surface area contributed by atoms with Crippen molar-refractivity contribution < 1.29 is 19.8 Å². The third-order valence-corrected chi connectivity index (χ3v) is 4.83. The number of aryl methyl sites for hydroxylation is 1. The van der Waals surface area contributed by atoms with Crippen molar-refractivity contribution in [3.05, 3.63) is 88.5 Å². The first-order valence-electron chi connectivity index (χ1n) is 9.51. The van der Waals surface area contributed by atoms with Crippen LogP contribution < -0.4 is 5.73 Å². The van der Waals surface area contributed by atoms with Gasteiger partial charge in [-0.25, -0.2) is 0 Å². The van der Waals surface area contributed by atoms with Crippen LogP contribution in [0.25, 0.3) is 0 Å². The Hall–Kier alpha value is -3.60. The van der Waals surface area contributed by atoms with Crippen LogP contribution in [0.3, 0.4) is 0 Å². The van der Waals surface area contributed by atoms with E-state index in [1.807, 2.05) is 12.1 Å². The van der Waals surface area contributed by atoms with E-state index in [2.05, 4.69) is 19.1 Å². The zero-order chi connectivity index (χ0) is 21.0. The Balaban J connectivity index is 0.000000188. The number of benzene rings is 3. The van der Waals surface area contributed by atoms with Gasteiger partial charge in [-0.1, -0.05) is 49.7 Å². The first kappa shape index (κ1) is 20.1. The van der Waals surface area contributed by atoms with Crippen molar-refractivity contribution >= 4 is 17.3 Å². The van der Waals surface area contributed by atoms with Crippen molar-refractivity contribution in [3.63, 3.8) is 0 Å². The Morgan fingerprint density at radius 3 is 1.69 bits per heavy atom. The molecule has 0 saturated heterocycles. The van der Waals surface area contributed by atoms with Gasteiger partial charge in [-0.3, -0.25) is 9.59 Å². The SMILES string of the molecule is CCCCc1ccc(N)cc1.O=C1c2ccccc2C(=O)c2c(O)ccc(O)c21. The van der Waals surface area contributed by atoms with Crippen LogP contribution in [0.5, 0.6) is 11.5 Å². The van der Waals surface area contributed by atoms with Crippen LogP contribution in [-0.4, -0.2) is 21.8 Å². The number of carbonyl (C=O) groups excluding carboxylic acids is 2. The van der Waals surface area contributed by atoms with E-state index in [1.165, 1.54) is 49.1 Å². The van der Waals surface area contributed by atoms with Crippen molar-refractivity contribution in [2.45, 2.75) is 26.2 Å². The molecule has 0 heterocycles. The number of phenolic OH excluding ortho intramolecular Hbond substituents is 2. The molecule has 0 fully saturated rings. The summed E-state index contributed by atoms with van der Waals surface area (Å²) in [6, 6.07) is 16.9. The van der Waals surface area contributed by atoms with Crippen molar-refractivity contribution in [1.29, 1.82) is 0 Å². The van der Waals surface area contributed by atoms with Gasteiger partial charge in [-0.2, -0.15) is 0 Å². The molecule has 3 aromatic rings. The van der Waals surface area contributed by atoms with E-state index in [0.717, 1.165) is 5.69 Å². The summed E-state index contributed by atoms with van der Waals surface area (Å²) in [5.74, 6) is -1.49. The van der Waals surface area contributed by atoms with Gasteiger partial charge in [0.15, 0.2) is 11.6 Å². The summed E-state index contributed by atoms with van der Waals surface area (Å²) in [5, 5.41) is 19.4. The van der Waals surface area contributed by atoms with Gasteiger partial charge in [0.25, 0.3) is 0 Å². The maximum Gasteiger partial charge on any atom is 0.198 e. The molecule has 0 aliphatic heterocycles. The van der Waals surface area contributed by atoms with Crippen molar-refractivity contribution in [1.82, 2.24) is 0 Å². The number of nitrogens with two attached hydrogens (primary N) is 1. The molecule has 4 rings (SSSR count). The van der Waals surface area contributed by atoms with Crippen LogP contribution in [0.15, 0.2) is 60.7 Å². The lowest BCUT2D eigenvalue weighted by Crippen LogP contribution is -2.20. The Kier molecular flexibility index (Phi) is 5.98. The number of unbranched alkanes of at least 4 members (excludes halogenated alkanes) is 1. The Morgan fingerprint density at radius 1 is 0.759 bits per heavy atom. The standard InChI is InChI=1S/C14H8O4.C10H15N/c15-9-5-6-10(16)12-11(9)13(17)7-3-1-2-4-8(7)14(12)18;1-2-3-4-9-5-7-10(11)8-6-9/h1-6,15-16H;5-8H,2-4,11H2,1H3. The predicted molar refractivity (Wildman–Crippen MR) is 113 cm³/mol. The van der Waals surface area contributed by atoms with E-state index >= 15 is 0 Å². The minimum atomic E-state index is -0.450. The molecule has 29 heavy (non-hydrogen) atoms. The number of hydrogen-bond acceptors (Lipinski definition) is 5. The second-order valence-electron chi connectivity index (χ2n) is 6.90. The molecule has 0 spiro atoms. The summed E-state index contributed by atoms with van der Waals surface area (Å²) in [6.07, 6.45) is 3.70. The zero-order valence-corrected chi connectivity index (χ0v) is 16.2. The summed E-state index contributed by atoms with van der Waals surface area (Å²) in [6.45, 7) is 2.21. The number of anilines is 1. The van der Waals surface area contributed by atoms with Crippen molar-refractivity contribution in [2.24, 2.45) is 0 Å². The van der Waals surface area contributed by atoms with Gasteiger partial charge in [0.2, 0.25) is 0 Å². The minimum absolute atomic E-state index is 0.126. The fourth-order valence-corrected chi connectivity index (χ4v) is 3.25. The minimum Gasteiger partial charge on any atom is -0.507 e. The fourth-order valence-electron chi connectivity index (χ4n) is 3.25. The lowest BCUT2D eigenvalue weighted by molar-refractivity contribution is 0.0974. The smallest absolute Gasteiger partial charge is 0.198 e. The number of fused-ring (bicyclic) bond motifs is 2. The molecule has 0 amide bonds. The van der Waals surface area contributed by atoms with Gasteiger partial charge in [0.05, 0.1) is 11.1 Å². The van der Waals surface area contributed by atoms with E-state index in [0.29, 0.717) is 0 Å². The molecule has 1 aliphatic carbocycles. The molecule has 0 saturated carbocycles. The molecule has 0 unspecified atom stereocenters. The maximum atomic E-state index is 12.2. The summed E-state index contributed by atoms with van der Waals surface area (Å²) < 4.78 is 0. The van der Waals surface area contributed by atoms with Gasteiger partial charge >= 0.3 is 0 Å². The van der Waals surface area contributed by atoms with Gasteiger partial charge in [-0.15, -0.1) is 0 Å². The van der Waals surface area contributed by atoms with Crippen molar-refractivity contribution in [2.75, 3.05) is 5.73 Å². The summed E-state index contributed by atoms with van der Waals surface area (Å²) in [7, 11) is 0. The number of ketones is 2. The highest BCUT2D eigenvalue weighted by Crippen LogP contribution is 2.37. The van der Waals surface area contributed by atoms with Crippen LogP contribution in [0.1, 0.15) is 57.2 Å². The Labute approximate surface area is 169 Å². The lowest BCUT2D eigenvalue weighted by atomic mass is 9.83. The monoisotopic (exact) mass is 389 g/mol. The van der Waals surface area contributed by atoms with E-state index in [-0.39, 0.29) is 33.8 Å². The number of phenols is 2. The third kappa shape index (κ3) is 4.14. The maximum absolute atomic E-state index is 12.2. The number of hydrogen-bond donors (Lipinski definition) is 3. The molecule has 1 aliphatic rings. The van der Waals surface area contributed by atoms with E-state index < -0.39 is 11.6 Å². The second kappa shape index (κ2) is 8.61. The molecule has 5 heteroatoms. The highest BCUT2D eigenvalue weighted by molar-refractivity contribution is 6.30. The molecule has 0 atom stereocenters. The molecule has 148 valence electrons. The Morgan fingerprint density at radius 2 is 1.24 bits per heavy atom. The molecular formula is C24H23NO4. The summed E-state index contributed by atoms with van der Waals surface area (Å²) in [5.41, 5.74) is 8.04. The molecular weight excluding hydrogens is 366 g/mol. The summed E-state index contributed by atoms with van der Waals surface area (Å²) in [4.78, 5) is 24.4. The number of aromatic hydroxyl groups is 2. The fraction of sp³-hybridized carbons (Fsp3) is 0.167. The van der Waals surface area contributed by atoms with Crippen LogP contribution in [0.2, 0.25) is 0 Å². The van der Waals surface area contributed by atoms with Gasteiger partial charge in [0.1, 0.15) is 11.5 Å². The van der Waals surface area contributed by atoms with Gasteiger partial charge in [-0.05, 0) is 42.7 Å². The highest BCUT2D eigenvalue weighted by atomic mass is 16.3. The van der Waals surface area contributed by atoms with E-state index in [4.69, 9.17) is 5.73 Å². The zero-order valence-electron chi connectivity index (χ0n) is 16.2. The molecule has 0 bridgehead atoms. The summed E-state index contributed by atoms with van der Waals surface area (Å²) >= 11 is 0. The largest absolute Gasteiger partial charge is 0.507 e. The van der Waals surface area contributed by atoms with Gasteiger partial charge in [0, 0.05) is 16.8 Å². The molecule has 3 aromatic carbocycles. The van der Waals surface area contributed by atoms with Gasteiger partial charge < -0.3 is 15.9 Å². The number of carbonyl (C=O) groups is 2. The predicted octanol–water partition coefficient (Wildman–Crippen LogP) is 4.48. The molecule has 0 aromatic heterocycles. The molecule has 5 nitrogen and oxygen atoms in total. The normalized spacial score (nSPS) is 11.9. The molecule has 4 N–H and O–H groups in total. The highest BCUT2D eigenvalue weighted by Gasteiger charge is 2.33. The average molecular weight is 389 g/mol.